The van der Waals surface area contributed by atoms with Gasteiger partial charge in [-0.3, -0.25) is 14.4 Å². The van der Waals surface area contributed by atoms with E-state index in [4.69, 9.17) is 14.7 Å². The number of oxime groups is 1. The van der Waals surface area contributed by atoms with Gasteiger partial charge in [0.15, 0.2) is 5.82 Å². The summed E-state index contributed by atoms with van der Waals surface area (Å²) >= 11 is 0. The first kappa shape index (κ1) is 34.9. The number of carbonyl (C=O) groups excluding carboxylic acids is 3. The first-order chi connectivity index (χ1) is 23.7. The number of ether oxygens (including phenoxy) is 2. The summed E-state index contributed by atoms with van der Waals surface area (Å²) in [5, 5.41) is 14.7. The number of nitrogens with zero attached hydrogens (tertiary/aromatic N) is 5. The highest BCUT2D eigenvalue weighted by Gasteiger charge is 2.22. The van der Waals surface area contributed by atoms with Crippen LogP contribution < -0.4 is 19.7 Å². The van der Waals surface area contributed by atoms with Crippen LogP contribution in [0.5, 0.6) is 11.5 Å². The molecule has 0 atom stereocenters. The van der Waals surface area contributed by atoms with Crippen molar-refractivity contribution in [3.8, 4) is 11.5 Å². The molecule has 5 rings (SSSR count). The van der Waals surface area contributed by atoms with Crippen molar-refractivity contribution < 1.29 is 29.1 Å². The summed E-state index contributed by atoms with van der Waals surface area (Å²) in [5.74, 6) is 0.712. The van der Waals surface area contributed by atoms with Crippen LogP contribution in [0.15, 0.2) is 59.8 Å². The molecule has 3 aromatic carbocycles. The van der Waals surface area contributed by atoms with Crippen molar-refractivity contribution >= 4 is 46.3 Å². The Labute approximate surface area is 285 Å². The molecule has 0 bridgehead atoms. The largest absolute Gasteiger partial charge is 0.495 e. The zero-order valence-corrected chi connectivity index (χ0v) is 28.4. The molecule has 0 aliphatic carbocycles. The second kappa shape index (κ2) is 16.1. The lowest BCUT2D eigenvalue weighted by Gasteiger charge is -2.32. The van der Waals surface area contributed by atoms with Gasteiger partial charge in [-0.2, -0.15) is 0 Å². The van der Waals surface area contributed by atoms with Gasteiger partial charge in [0.05, 0.1) is 36.2 Å². The second-order valence-corrected chi connectivity index (χ2v) is 12.1. The molecule has 3 amide bonds. The third-order valence-corrected chi connectivity index (χ3v) is 8.58. The van der Waals surface area contributed by atoms with Crippen LogP contribution in [-0.2, 0) is 4.79 Å². The van der Waals surface area contributed by atoms with Crippen LogP contribution in [0.1, 0.15) is 57.8 Å². The summed E-state index contributed by atoms with van der Waals surface area (Å²) in [6, 6.07) is 15.6. The number of piperazine rings is 1. The van der Waals surface area contributed by atoms with Crippen molar-refractivity contribution in [2.45, 2.75) is 32.6 Å². The number of amides is 3. The first-order valence-corrected chi connectivity index (χ1v) is 16.3. The molecule has 1 saturated heterocycles. The molecular formula is C36H43N7O6. The Balaban J connectivity index is 1.20. The Hall–Kier alpha value is -5.43. The fourth-order valence-electron chi connectivity index (χ4n) is 5.74. The fraction of sp³-hybridized carbons (Fsp3) is 0.361. The number of hydrogen-bond donors (Lipinski definition) is 3. The molecule has 2 heterocycles. The summed E-state index contributed by atoms with van der Waals surface area (Å²) in [4.78, 5) is 52.5. The number of H-pyrrole nitrogens is 1. The molecule has 1 aliphatic rings. The molecule has 1 aliphatic heterocycles. The summed E-state index contributed by atoms with van der Waals surface area (Å²) in [7, 11) is 5.23. The number of imidazole rings is 1. The van der Waals surface area contributed by atoms with E-state index >= 15 is 0 Å². The average molecular weight is 670 g/mol. The van der Waals surface area contributed by atoms with Gasteiger partial charge in [0.2, 0.25) is 5.91 Å². The molecule has 13 heteroatoms. The molecule has 0 spiro atoms. The van der Waals surface area contributed by atoms with E-state index in [1.165, 1.54) is 12.0 Å². The van der Waals surface area contributed by atoms with E-state index in [1.807, 2.05) is 30.0 Å². The van der Waals surface area contributed by atoms with Gasteiger partial charge in [-0.25, -0.2) is 4.98 Å². The highest BCUT2D eigenvalue weighted by atomic mass is 16.5. The lowest BCUT2D eigenvalue weighted by molar-refractivity contribution is -0.132. The van der Waals surface area contributed by atoms with E-state index in [-0.39, 0.29) is 11.8 Å². The summed E-state index contributed by atoms with van der Waals surface area (Å²) in [5.41, 5.74) is 3.68. The zero-order chi connectivity index (χ0) is 34.9. The highest BCUT2D eigenvalue weighted by Crippen LogP contribution is 2.32. The van der Waals surface area contributed by atoms with Gasteiger partial charge >= 0.3 is 0 Å². The monoisotopic (exact) mass is 669 g/mol. The van der Waals surface area contributed by atoms with Crippen LogP contribution in [0.3, 0.4) is 0 Å². The normalized spacial score (nSPS) is 13.5. The lowest BCUT2D eigenvalue weighted by Crippen LogP contribution is -2.47. The number of aromatic amines is 1. The van der Waals surface area contributed by atoms with E-state index in [0.29, 0.717) is 63.9 Å². The predicted octanol–water partition coefficient (Wildman–Crippen LogP) is 4.93. The minimum absolute atomic E-state index is 0.220. The maximum absolute atomic E-state index is 13.7. The Morgan fingerprint density at radius 2 is 1.84 bits per heavy atom. The minimum atomic E-state index is -0.429. The number of para-hydroxylation sites is 1. The molecule has 1 aromatic heterocycles. The van der Waals surface area contributed by atoms with Gasteiger partial charge in [-0.05, 0) is 81.3 Å². The van der Waals surface area contributed by atoms with Crippen molar-refractivity contribution in [3.63, 3.8) is 0 Å². The molecule has 49 heavy (non-hydrogen) atoms. The molecule has 0 saturated carbocycles. The Kier molecular flexibility index (Phi) is 11.5. The molecule has 258 valence electrons. The lowest BCUT2D eigenvalue weighted by atomic mass is 10.1. The van der Waals surface area contributed by atoms with E-state index in [1.54, 1.807) is 43.4 Å². The molecule has 0 unspecified atom stereocenters. The van der Waals surface area contributed by atoms with Crippen molar-refractivity contribution in [1.82, 2.24) is 19.8 Å². The molecule has 3 N–H and O–H groups in total. The number of anilines is 2. The van der Waals surface area contributed by atoms with Crippen LogP contribution >= 0.6 is 0 Å². The van der Waals surface area contributed by atoms with Crippen LogP contribution in [-0.4, -0.2) is 103 Å². The van der Waals surface area contributed by atoms with Crippen LogP contribution in [0.2, 0.25) is 0 Å². The van der Waals surface area contributed by atoms with Gasteiger partial charge in [-0.1, -0.05) is 17.3 Å². The van der Waals surface area contributed by atoms with Gasteiger partial charge in [0.25, 0.3) is 11.8 Å². The van der Waals surface area contributed by atoms with Gasteiger partial charge in [0.1, 0.15) is 23.2 Å². The smallest absolute Gasteiger partial charge is 0.258 e. The number of carbonyl (C=O) groups is 3. The number of hydrogen-bond acceptors (Lipinski definition) is 9. The van der Waals surface area contributed by atoms with Crippen LogP contribution in [0.4, 0.5) is 11.4 Å². The number of aromatic nitrogens is 2. The second-order valence-electron chi connectivity index (χ2n) is 12.1. The average Bonchev–Trinajstić information content (AvgIpc) is 3.52. The van der Waals surface area contributed by atoms with Crippen molar-refractivity contribution in [3.05, 3.63) is 77.1 Å². The topological polar surface area (TPSA) is 153 Å². The van der Waals surface area contributed by atoms with Gasteiger partial charge < -0.3 is 39.7 Å². The summed E-state index contributed by atoms with van der Waals surface area (Å²) in [6.07, 6.45) is 4.16. The number of aryl methyl sites for hydroxylation is 1. The SMILES string of the molecule is COc1cc(C(=O)N(C)c2ccc(C)cc2OCCCCCC(=O)N2CCN(C)CC2)ccc1NC(=O)c1cccc2[nH]c(/C=N\O)nc12. The maximum atomic E-state index is 13.7. The van der Waals surface area contributed by atoms with E-state index < -0.39 is 5.91 Å². The number of fused-ring (bicyclic) bond motifs is 1. The Morgan fingerprint density at radius 1 is 1.04 bits per heavy atom. The molecule has 0 radical (unpaired) electrons. The first-order valence-electron chi connectivity index (χ1n) is 16.3. The predicted molar refractivity (Wildman–Crippen MR) is 188 cm³/mol. The maximum Gasteiger partial charge on any atom is 0.258 e. The number of methoxy groups -OCH3 is 1. The fourth-order valence-corrected chi connectivity index (χ4v) is 5.74. The van der Waals surface area contributed by atoms with Gasteiger partial charge in [0, 0.05) is 45.2 Å². The highest BCUT2D eigenvalue weighted by molar-refractivity contribution is 6.13. The number of likely N-dealkylation sites (N-methyl/N-ethyl adjacent to an activating group) is 1. The molecule has 1 fully saturated rings. The zero-order valence-electron chi connectivity index (χ0n) is 28.4. The van der Waals surface area contributed by atoms with E-state index in [9.17, 15) is 14.4 Å². The van der Waals surface area contributed by atoms with Crippen molar-refractivity contribution in [2.24, 2.45) is 5.16 Å². The third kappa shape index (κ3) is 8.54. The van der Waals surface area contributed by atoms with E-state index in [2.05, 4.69) is 32.4 Å². The quantitative estimate of drug-likeness (QED) is 0.0785. The number of nitrogens with one attached hydrogen (secondary N) is 2. The van der Waals surface area contributed by atoms with Crippen molar-refractivity contribution in [1.29, 1.82) is 0 Å². The Morgan fingerprint density at radius 3 is 2.59 bits per heavy atom. The summed E-state index contributed by atoms with van der Waals surface area (Å²) < 4.78 is 11.7. The molecule has 13 nitrogen and oxygen atoms in total. The van der Waals surface area contributed by atoms with Crippen molar-refractivity contribution in [2.75, 3.05) is 64.2 Å². The third-order valence-electron chi connectivity index (χ3n) is 8.58. The van der Waals surface area contributed by atoms with E-state index in [0.717, 1.165) is 57.2 Å². The summed E-state index contributed by atoms with van der Waals surface area (Å²) in [6.45, 7) is 5.86. The number of benzene rings is 3. The van der Waals surface area contributed by atoms with Crippen LogP contribution in [0, 0.1) is 6.92 Å². The molecular weight excluding hydrogens is 626 g/mol. The number of rotatable bonds is 13. The number of unbranched alkanes of at least 4 members (excludes halogenated alkanes) is 2. The van der Waals surface area contributed by atoms with Crippen LogP contribution in [0.25, 0.3) is 11.0 Å². The Bertz CT molecular complexity index is 1830. The minimum Gasteiger partial charge on any atom is -0.495 e. The van der Waals surface area contributed by atoms with Gasteiger partial charge in [-0.15, -0.1) is 0 Å². The standard InChI is InChI=1S/C36H43N7O6/c1-24-12-15-29(31(21-24)49-20-7-5-6-11-33(44)43-18-16-41(2)17-19-43)42(3)36(46)25-13-14-27(30(22-25)48-4)39-35(45)26-9-8-10-28-34(26)40-32(38-28)23-37-47/h8-10,12-15,21-23,47H,5-7,11,16-20H2,1-4H3,(H,38,40)(H,39,45)/b37-23-. The molecule has 4 aromatic rings.